The van der Waals surface area contributed by atoms with Gasteiger partial charge in [-0.2, -0.15) is 0 Å². The summed E-state index contributed by atoms with van der Waals surface area (Å²) >= 11 is 0. The van der Waals surface area contributed by atoms with Crippen LogP contribution < -0.4 is 16.0 Å². The number of fused-ring (bicyclic) bond motifs is 2. The summed E-state index contributed by atoms with van der Waals surface area (Å²) in [5.74, 6) is -1.13. The molecule has 4 aromatic rings. The number of pyridine rings is 1. The van der Waals surface area contributed by atoms with E-state index in [0.717, 1.165) is 13.0 Å². The fourth-order valence-corrected chi connectivity index (χ4v) is 3.88. The molecule has 0 spiro atoms. The van der Waals surface area contributed by atoms with E-state index in [-0.39, 0.29) is 17.5 Å². The van der Waals surface area contributed by atoms with Crippen LogP contribution in [0, 0.1) is 18.7 Å². The molecule has 2 amide bonds. The van der Waals surface area contributed by atoms with Crippen molar-refractivity contribution in [1.29, 1.82) is 0 Å². The quantitative estimate of drug-likeness (QED) is 0.404. The van der Waals surface area contributed by atoms with Crippen LogP contribution >= 0.6 is 0 Å². The van der Waals surface area contributed by atoms with Gasteiger partial charge in [0.05, 0.1) is 40.4 Å². The number of carbonyl (C=O) groups excluding carboxylic acids is 2. The van der Waals surface area contributed by atoms with Gasteiger partial charge < -0.3 is 25.3 Å². The van der Waals surface area contributed by atoms with E-state index < -0.39 is 11.7 Å². The highest BCUT2D eigenvalue weighted by atomic mass is 19.1. The summed E-state index contributed by atoms with van der Waals surface area (Å²) in [5, 5.41) is 8.80. The Morgan fingerprint density at radius 1 is 1.26 bits per heavy atom. The maximum absolute atomic E-state index is 14.3. The summed E-state index contributed by atoms with van der Waals surface area (Å²) in [6.07, 6.45) is 5.53. The minimum atomic E-state index is -0.532. The predicted octanol–water partition coefficient (Wildman–Crippen LogP) is 2.46. The number of aryl methyl sites for hydroxylation is 1. The lowest BCUT2D eigenvalue weighted by atomic mass is 10.1. The van der Waals surface area contributed by atoms with Crippen LogP contribution in [0.25, 0.3) is 16.7 Å². The fourth-order valence-electron chi connectivity index (χ4n) is 3.88. The summed E-state index contributed by atoms with van der Waals surface area (Å²) in [6.45, 7) is 3.24. The first-order valence-corrected chi connectivity index (χ1v) is 9.93. The highest BCUT2D eigenvalue weighted by Crippen LogP contribution is 2.26. The Kier molecular flexibility index (Phi) is 4.63. The third-order valence-electron chi connectivity index (χ3n) is 5.40. The molecular weight excluding hydrogens is 401 g/mol. The SMILES string of the molecule is Cc1cn2cc(NC(=O)c3ccc(NC(=O)C4CCNC4)c4[nH]cnc34)cc(F)c2n1. The first-order valence-electron chi connectivity index (χ1n) is 9.93. The normalized spacial score (nSPS) is 16.1. The molecule has 1 atom stereocenters. The van der Waals surface area contributed by atoms with Crippen molar-refractivity contribution in [2.45, 2.75) is 13.3 Å². The van der Waals surface area contributed by atoms with E-state index in [1.807, 2.05) is 0 Å². The van der Waals surface area contributed by atoms with Crippen LogP contribution in [0.3, 0.4) is 0 Å². The van der Waals surface area contributed by atoms with Crippen molar-refractivity contribution in [3.63, 3.8) is 0 Å². The highest BCUT2D eigenvalue weighted by Gasteiger charge is 2.24. The molecule has 1 aromatic carbocycles. The Balaban J connectivity index is 1.42. The van der Waals surface area contributed by atoms with Gasteiger partial charge in [-0.15, -0.1) is 0 Å². The Bertz CT molecular complexity index is 1320. The molecule has 9 nitrogen and oxygen atoms in total. The van der Waals surface area contributed by atoms with Crippen LogP contribution in [0.15, 0.2) is 36.9 Å². The first kappa shape index (κ1) is 19.2. The van der Waals surface area contributed by atoms with Crippen LogP contribution in [0.4, 0.5) is 15.8 Å². The molecule has 0 aliphatic carbocycles. The van der Waals surface area contributed by atoms with Crippen molar-refractivity contribution in [3.05, 3.63) is 54.0 Å². The van der Waals surface area contributed by atoms with E-state index >= 15 is 0 Å². The molecule has 1 saturated heterocycles. The molecule has 10 heteroatoms. The number of amides is 2. The van der Waals surface area contributed by atoms with Crippen molar-refractivity contribution in [1.82, 2.24) is 24.7 Å². The number of H-pyrrole nitrogens is 1. The van der Waals surface area contributed by atoms with Crippen LogP contribution in [-0.2, 0) is 4.79 Å². The Labute approximate surface area is 176 Å². The number of anilines is 2. The third-order valence-corrected chi connectivity index (χ3v) is 5.40. The van der Waals surface area contributed by atoms with E-state index in [9.17, 15) is 14.0 Å². The average Bonchev–Trinajstić information content (AvgIpc) is 3.48. The van der Waals surface area contributed by atoms with Gasteiger partial charge in [-0.25, -0.2) is 14.4 Å². The van der Waals surface area contributed by atoms with Crippen LogP contribution in [0.2, 0.25) is 0 Å². The third kappa shape index (κ3) is 3.50. The van der Waals surface area contributed by atoms with Crippen molar-refractivity contribution in [2.75, 3.05) is 23.7 Å². The molecule has 31 heavy (non-hydrogen) atoms. The van der Waals surface area contributed by atoms with Gasteiger partial charge in [-0.1, -0.05) is 0 Å². The second-order valence-corrected chi connectivity index (χ2v) is 7.61. The van der Waals surface area contributed by atoms with Crippen molar-refractivity contribution >= 4 is 39.9 Å². The van der Waals surface area contributed by atoms with Crippen LogP contribution in [0.1, 0.15) is 22.5 Å². The van der Waals surface area contributed by atoms with Gasteiger partial charge in [0.1, 0.15) is 5.52 Å². The lowest BCUT2D eigenvalue weighted by Gasteiger charge is -2.12. The van der Waals surface area contributed by atoms with E-state index in [2.05, 4.69) is 30.9 Å². The molecule has 3 aromatic heterocycles. The fraction of sp³-hybridized carbons (Fsp3) is 0.238. The Morgan fingerprint density at radius 2 is 2.13 bits per heavy atom. The lowest BCUT2D eigenvalue weighted by molar-refractivity contribution is -0.119. The van der Waals surface area contributed by atoms with Gasteiger partial charge in [-0.05, 0) is 32.0 Å². The molecule has 0 radical (unpaired) electrons. The number of benzene rings is 1. The van der Waals surface area contributed by atoms with Crippen LogP contribution in [-0.4, -0.2) is 44.3 Å². The number of halogens is 1. The molecule has 5 rings (SSSR count). The number of hydrogen-bond acceptors (Lipinski definition) is 5. The van der Waals surface area contributed by atoms with Gasteiger partial charge in [0.2, 0.25) is 5.91 Å². The molecule has 1 aliphatic heterocycles. The van der Waals surface area contributed by atoms with Crippen molar-refractivity contribution in [3.8, 4) is 0 Å². The molecule has 158 valence electrons. The van der Waals surface area contributed by atoms with E-state index in [0.29, 0.717) is 40.2 Å². The van der Waals surface area contributed by atoms with Crippen molar-refractivity contribution < 1.29 is 14.0 Å². The van der Waals surface area contributed by atoms with Gasteiger partial charge in [0, 0.05) is 25.0 Å². The number of nitrogens with one attached hydrogen (secondary N) is 4. The Morgan fingerprint density at radius 3 is 2.94 bits per heavy atom. The summed E-state index contributed by atoms with van der Waals surface area (Å²) < 4.78 is 15.9. The molecular formula is C21H20FN7O2. The zero-order chi connectivity index (χ0) is 21.5. The molecule has 4 N–H and O–H groups in total. The summed E-state index contributed by atoms with van der Waals surface area (Å²) in [6, 6.07) is 4.49. The zero-order valence-corrected chi connectivity index (χ0v) is 16.7. The minimum Gasteiger partial charge on any atom is -0.343 e. The lowest BCUT2D eigenvalue weighted by Crippen LogP contribution is -2.24. The number of nitrogens with zero attached hydrogens (tertiary/aromatic N) is 3. The second-order valence-electron chi connectivity index (χ2n) is 7.61. The number of carbonyl (C=O) groups is 2. The number of hydrogen-bond donors (Lipinski definition) is 4. The summed E-state index contributed by atoms with van der Waals surface area (Å²) in [4.78, 5) is 36.7. The Hall–Kier alpha value is -3.79. The standard InChI is InChI=1S/C21H20FN7O2/c1-11-8-29-9-13(6-15(22)19(29)26-11)27-21(31)14-2-3-16(18-17(14)24-10-25-18)28-20(30)12-4-5-23-7-12/h2-3,6,8-10,12,23H,4-5,7H2,1H3,(H,24,25)(H,27,31)(H,28,30). The summed E-state index contributed by atoms with van der Waals surface area (Å²) in [7, 11) is 0. The zero-order valence-electron chi connectivity index (χ0n) is 16.7. The number of aromatic amines is 1. The van der Waals surface area contributed by atoms with Gasteiger partial charge in [-0.3, -0.25) is 9.59 Å². The largest absolute Gasteiger partial charge is 0.343 e. The average molecular weight is 421 g/mol. The highest BCUT2D eigenvalue weighted by molar-refractivity contribution is 6.14. The van der Waals surface area contributed by atoms with Crippen molar-refractivity contribution in [2.24, 2.45) is 5.92 Å². The predicted molar refractivity (Wildman–Crippen MR) is 114 cm³/mol. The van der Waals surface area contributed by atoms with E-state index in [1.54, 1.807) is 31.5 Å². The topological polar surface area (TPSA) is 116 Å². The molecule has 0 saturated carbocycles. The maximum Gasteiger partial charge on any atom is 0.257 e. The van der Waals surface area contributed by atoms with Gasteiger partial charge >= 0.3 is 0 Å². The summed E-state index contributed by atoms with van der Waals surface area (Å²) in [5.41, 5.74) is 3.00. The van der Waals surface area contributed by atoms with E-state index in [1.165, 1.54) is 16.8 Å². The number of imidazole rings is 2. The molecule has 1 aliphatic rings. The molecule has 1 fully saturated rings. The van der Waals surface area contributed by atoms with E-state index in [4.69, 9.17) is 0 Å². The minimum absolute atomic E-state index is 0.0718. The maximum atomic E-state index is 14.3. The monoisotopic (exact) mass is 421 g/mol. The number of rotatable bonds is 4. The van der Waals surface area contributed by atoms with Gasteiger partial charge in [0.15, 0.2) is 11.5 Å². The second kappa shape index (κ2) is 7.47. The smallest absolute Gasteiger partial charge is 0.257 e. The van der Waals surface area contributed by atoms with Gasteiger partial charge in [0.25, 0.3) is 5.91 Å². The first-order chi connectivity index (χ1) is 15.0. The molecule has 1 unspecified atom stereocenters. The molecule has 4 heterocycles. The van der Waals surface area contributed by atoms with Crippen LogP contribution in [0.5, 0.6) is 0 Å². The number of aromatic nitrogens is 4. The molecule has 0 bridgehead atoms.